The first-order valence-corrected chi connectivity index (χ1v) is 7.93. The number of halogens is 3. The summed E-state index contributed by atoms with van der Waals surface area (Å²) in [4.78, 5) is 0. The molecule has 1 unspecified atom stereocenters. The summed E-state index contributed by atoms with van der Waals surface area (Å²) in [6.45, 7) is 2.79. The van der Waals surface area contributed by atoms with Gasteiger partial charge in [0, 0.05) is 6.04 Å². The maximum atomic E-state index is 12.9. The molecular weight excluding hydrogens is 275 g/mol. The fraction of sp³-hybridized carbons (Fsp3) is 0.647. The van der Waals surface area contributed by atoms with Gasteiger partial charge in [-0.3, -0.25) is 0 Å². The summed E-state index contributed by atoms with van der Waals surface area (Å²) in [7, 11) is 0. The van der Waals surface area contributed by atoms with E-state index in [0.29, 0.717) is 5.92 Å². The van der Waals surface area contributed by atoms with Gasteiger partial charge in [0.05, 0.1) is 5.56 Å². The van der Waals surface area contributed by atoms with Gasteiger partial charge in [0.2, 0.25) is 0 Å². The first-order chi connectivity index (χ1) is 10.0. The summed E-state index contributed by atoms with van der Waals surface area (Å²) in [6.07, 6.45) is 2.81. The first-order valence-electron chi connectivity index (χ1n) is 7.93. The second kappa shape index (κ2) is 7.30. The molecule has 0 amide bonds. The van der Waals surface area contributed by atoms with Crippen LogP contribution in [0.4, 0.5) is 13.2 Å². The van der Waals surface area contributed by atoms with Gasteiger partial charge in [0.1, 0.15) is 0 Å². The zero-order chi connectivity index (χ0) is 15.3. The van der Waals surface area contributed by atoms with Gasteiger partial charge in [0.25, 0.3) is 0 Å². The normalized spacial score (nSPS) is 19.2. The molecule has 1 aromatic carbocycles. The summed E-state index contributed by atoms with van der Waals surface area (Å²) in [5, 5.41) is 3.41. The molecule has 21 heavy (non-hydrogen) atoms. The Morgan fingerprint density at radius 3 is 2.38 bits per heavy atom. The molecule has 1 aliphatic carbocycles. The molecule has 1 nitrogen and oxygen atoms in total. The van der Waals surface area contributed by atoms with Crippen molar-refractivity contribution in [2.75, 3.05) is 6.54 Å². The zero-order valence-electron chi connectivity index (χ0n) is 12.5. The molecule has 1 N–H and O–H groups in total. The van der Waals surface area contributed by atoms with Gasteiger partial charge in [-0.1, -0.05) is 44.7 Å². The number of benzene rings is 1. The van der Waals surface area contributed by atoms with E-state index in [9.17, 15) is 13.2 Å². The molecule has 0 heterocycles. The van der Waals surface area contributed by atoms with E-state index >= 15 is 0 Å². The number of hydrogen-bond acceptors (Lipinski definition) is 1. The lowest BCUT2D eigenvalue weighted by Crippen LogP contribution is -2.28. The van der Waals surface area contributed by atoms with Crippen molar-refractivity contribution in [3.05, 3.63) is 35.4 Å². The van der Waals surface area contributed by atoms with E-state index in [-0.39, 0.29) is 6.04 Å². The van der Waals surface area contributed by atoms with Crippen molar-refractivity contribution in [2.45, 2.75) is 57.7 Å². The van der Waals surface area contributed by atoms with E-state index in [2.05, 4.69) is 5.32 Å². The van der Waals surface area contributed by atoms with Crippen LogP contribution in [-0.2, 0) is 6.18 Å². The zero-order valence-corrected chi connectivity index (χ0v) is 12.5. The summed E-state index contributed by atoms with van der Waals surface area (Å²) < 4.78 is 38.7. The highest BCUT2D eigenvalue weighted by Gasteiger charge is 2.32. The molecule has 1 aliphatic rings. The minimum Gasteiger partial charge on any atom is -0.310 e. The minimum atomic E-state index is -4.27. The molecule has 118 valence electrons. The van der Waals surface area contributed by atoms with Crippen molar-refractivity contribution in [3.8, 4) is 0 Å². The van der Waals surface area contributed by atoms with E-state index in [4.69, 9.17) is 0 Å². The fourth-order valence-corrected chi connectivity index (χ4v) is 3.33. The lowest BCUT2D eigenvalue weighted by Gasteiger charge is -2.28. The largest absolute Gasteiger partial charge is 0.416 e. The van der Waals surface area contributed by atoms with Gasteiger partial charge in [-0.2, -0.15) is 13.2 Å². The molecule has 0 spiro atoms. The molecule has 1 saturated carbocycles. The number of hydrogen-bond donors (Lipinski definition) is 1. The maximum absolute atomic E-state index is 12.9. The number of rotatable bonds is 4. The van der Waals surface area contributed by atoms with Crippen LogP contribution in [0.1, 0.15) is 62.6 Å². The fourth-order valence-electron chi connectivity index (χ4n) is 3.33. The van der Waals surface area contributed by atoms with Gasteiger partial charge in [0.15, 0.2) is 0 Å². The average molecular weight is 299 g/mol. The van der Waals surface area contributed by atoms with Crippen LogP contribution in [0.15, 0.2) is 24.3 Å². The van der Waals surface area contributed by atoms with Crippen LogP contribution in [0.5, 0.6) is 0 Å². The van der Waals surface area contributed by atoms with Gasteiger partial charge < -0.3 is 5.32 Å². The Kier molecular flexibility index (Phi) is 5.68. The highest BCUT2D eigenvalue weighted by Crippen LogP contribution is 2.36. The van der Waals surface area contributed by atoms with Crippen molar-refractivity contribution >= 4 is 0 Å². The Hall–Kier alpha value is -1.03. The Bertz CT molecular complexity index is 434. The Labute approximate surface area is 124 Å². The van der Waals surface area contributed by atoms with Crippen molar-refractivity contribution < 1.29 is 13.2 Å². The summed E-state index contributed by atoms with van der Waals surface area (Å²) >= 11 is 0. The highest BCUT2D eigenvalue weighted by atomic mass is 19.4. The predicted molar refractivity (Wildman–Crippen MR) is 79.1 cm³/mol. The van der Waals surface area contributed by atoms with Crippen molar-refractivity contribution in [2.24, 2.45) is 5.92 Å². The van der Waals surface area contributed by atoms with Crippen molar-refractivity contribution in [1.82, 2.24) is 5.32 Å². The molecule has 1 aromatic rings. The average Bonchev–Trinajstić information content (AvgIpc) is 2.73. The second-order valence-corrected chi connectivity index (χ2v) is 5.91. The minimum absolute atomic E-state index is 0.0374. The monoisotopic (exact) mass is 299 g/mol. The molecule has 0 aliphatic heterocycles. The van der Waals surface area contributed by atoms with Crippen LogP contribution in [0.25, 0.3) is 0 Å². The number of nitrogens with one attached hydrogen (secondary N) is 1. The summed E-state index contributed by atoms with van der Waals surface area (Å²) in [5.74, 6) is 0.441. The van der Waals surface area contributed by atoms with Gasteiger partial charge in [-0.15, -0.1) is 0 Å². The quantitative estimate of drug-likeness (QED) is 0.741. The third kappa shape index (κ3) is 4.47. The SMILES string of the molecule is CCNC(c1cccc(C(F)(F)F)c1)C1CCCCCC1. The topological polar surface area (TPSA) is 12.0 Å². The van der Waals surface area contributed by atoms with Crippen LogP contribution in [0.2, 0.25) is 0 Å². The summed E-state index contributed by atoms with van der Waals surface area (Å²) in [6, 6.07) is 5.86. The predicted octanol–water partition coefficient (Wildman–Crippen LogP) is 5.33. The number of alkyl halides is 3. The standard InChI is InChI=1S/C17H24F3N/c1-2-21-16(13-8-5-3-4-6-9-13)14-10-7-11-15(12-14)17(18,19)20/h7,10-13,16,21H,2-6,8-9H2,1H3. The van der Waals surface area contributed by atoms with Gasteiger partial charge >= 0.3 is 6.18 Å². The van der Waals surface area contributed by atoms with E-state index < -0.39 is 11.7 Å². The third-order valence-electron chi connectivity index (χ3n) is 4.37. The second-order valence-electron chi connectivity index (χ2n) is 5.91. The molecule has 0 radical (unpaired) electrons. The molecule has 2 rings (SSSR count). The van der Waals surface area contributed by atoms with Crippen LogP contribution < -0.4 is 5.32 Å². The molecule has 0 bridgehead atoms. The molecular formula is C17H24F3N. The lowest BCUT2D eigenvalue weighted by atomic mass is 9.86. The van der Waals surface area contributed by atoms with Crippen LogP contribution in [0, 0.1) is 5.92 Å². The highest BCUT2D eigenvalue weighted by molar-refractivity contribution is 5.28. The lowest BCUT2D eigenvalue weighted by molar-refractivity contribution is -0.137. The van der Waals surface area contributed by atoms with Crippen molar-refractivity contribution in [1.29, 1.82) is 0 Å². The molecule has 0 saturated heterocycles. The maximum Gasteiger partial charge on any atom is 0.416 e. The Morgan fingerprint density at radius 2 is 1.81 bits per heavy atom. The van der Waals surface area contributed by atoms with Crippen LogP contribution in [-0.4, -0.2) is 6.54 Å². The van der Waals surface area contributed by atoms with E-state index in [1.54, 1.807) is 0 Å². The van der Waals surface area contributed by atoms with Gasteiger partial charge in [-0.05, 0) is 43.0 Å². The van der Waals surface area contributed by atoms with E-state index in [1.165, 1.54) is 37.8 Å². The smallest absolute Gasteiger partial charge is 0.310 e. The van der Waals surface area contributed by atoms with Crippen LogP contribution >= 0.6 is 0 Å². The van der Waals surface area contributed by atoms with Gasteiger partial charge in [-0.25, -0.2) is 0 Å². The first kappa shape index (κ1) is 16.3. The molecule has 4 heteroatoms. The molecule has 1 fully saturated rings. The molecule has 0 aromatic heterocycles. The third-order valence-corrected chi connectivity index (χ3v) is 4.37. The summed E-state index contributed by atoms with van der Waals surface area (Å²) in [5.41, 5.74) is 0.232. The molecule has 1 atom stereocenters. The van der Waals surface area contributed by atoms with Crippen LogP contribution in [0.3, 0.4) is 0 Å². The van der Waals surface area contributed by atoms with Crippen molar-refractivity contribution in [3.63, 3.8) is 0 Å². The Balaban J connectivity index is 2.24. The van der Waals surface area contributed by atoms with E-state index in [0.717, 1.165) is 31.0 Å². The van der Waals surface area contributed by atoms with E-state index in [1.807, 2.05) is 13.0 Å². The Morgan fingerprint density at radius 1 is 1.14 bits per heavy atom.